The number of aliphatic hydroxyl groups is 3. The van der Waals surface area contributed by atoms with E-state index in [0.717, 1.165) is 0 Å². The zero-order valence-electron chi connectivity index (χ0n) is 9.76. The smallest absolute Gasteiger partial charge is 0.183 e. The zero-order chi connectivity index (χ0) is 13.6. The van der Waals surface area contributed by atoms with Gasteiger partial charge in [-0.1, -0.05) is 0 Å². The van der Waals surface area contributed by atoms with Crippen LogP contribution in [0.25, 0.3) is 11.2 Å². The highest BCUT2D eigenvalue weighted by atomic mass is 16.6. The summed E-state index contributed by atoms with van der Waals surface area (Å²) in [5, 5.41) is 28.6. The lowest BCUT2D eigenvalue weighted by atomic mass is 10.1. The lowest BCUT2D eigenvalue weighted by Crippen LogP contribution is -2.32. The summed E-state index contributed by atoms with van der Waals surface area (Å²) in [7, 11) is 0. The van der Waals surface area contributed by atoms with Crippen LogP contribution in [0.3, 0.4) is 0 Å². The first kappa shape index (κ1) is 12.2. The molecule has 6 N–H and O–H groups in total. The number of aromatic nitrogens is 4. The molecule has 102 valence electrons. The van der Waals surface area contributed by atoms with E-state index in [-0.39, 0.29) is 11.6 Å². The third-order valence-electron chi connectivity index (χ3n) is 3.13. The van der Waals surface area contributed by atoms with E-state index < -0.39 is 31.0 Å². The second-order valence-corrected chi connectivity index (χ2v) is 4.33. The number of H-pyrrole nitrogens is 1. The Morgan fingerprint density at radius 1 is 1.32 bits per heavy atom. The van der Waals surface area contributed by atoms with Crippen molar-refractivity contribution in [3.63, 3.8) is 0 Å². The van der Waals surface area contributed by atoms with Gasteiger partial charge < -0.3 is 30.8 Å². The van der Waals surface area contributed by atoms with Gasteiger partial charge in [-0.2, -0.15) is 0 Å². The summed E-state index contributed by atoms with van der Waals surface area (Å²) in [6, 6.07) is 0. The molecule has 1 aliphatic heterocycles. The average Bonchev–Trinajstić information content (AvgIpc) is 2.96. The Kier molecular flexibility index (Phi) is 2.82. The molecule has 0 saturated carbocycles. The number of hydrogen-bond donors (Lipinski definition) is 5. The van der Waals surface area contributed by atoms with Gasteiger partial charge >= 0.3 is 0 Å². The lowest BCUT2D eigenvalue weighted by Gasteiger charge is -2.13. The summed E-state index contributed by atoms with van der Waals surface area (Å²) in [4.78, 5) is 14.9. The van der Waals surface area contributed by atoms with Crippen molar-refractivity contribution in [1.82, 2.24) is 19.9 Å². The number of nitrogens with two attached hydrogens (primary N) is 1. The van der Waals surface area contributed by atoms with Gasteiger partial charge in [0, 0.05) is 0 Å². The number of hydrogen-bond acceptors (Lipinski definition) is 8. The van der Waals surface area contributed by atoms with E-state index in [1.165, 1.54) is 6.33 Å². The molecule has 9 nitrogen and oxygen atoms in total. The quantitative estimate of drug-likeness (QED) is 0.423. The van der Waals surface area contributed by atoms with E-state index in [0.29, 0.717) is 11.2 Å². The number of nitrogens with zero attached hydrogens (tertiary/aromatic N) is 3. The first-order chi connectivity index (χ1) is 9.11. The Bertz CT molecular complexity index is 603. The van der Waals surface area contributed by atoms with Crippen molar-refractivity contribution in [2.45, 2.75) is 24.4 Å². The standard InChI is InChI=1S/C10H13N5O4/c11-8-4-9(13-2-12-4)15-10(14-8)7-6(18)5(17)3(1-16)19-7/h2-3,5-7,16-18H,1H2,(H3,11,12,13,14,15)/t3-,5-,6+,7?/m1/s1. The zero-order valence-corrected chi connectivity index (χ0v) is 9.76. The highest BCUT2D eigenvalue weighted by molar-refractivity contribution is 5.80. The predicted molar refractivity (Wildman–Crippen MR) is 62.8 cm³/mol. The van der Waals surface area contributed by atoms with Crippen LogP contribution in [-0.2, 0) is 4.74 Å². The van der Waals surface area contributed by atoms with E-state index in [1.54, 1.807) is 0 Å². The molecule has 1 saturated heterocycles. The Hall–Kier alpha value is -1.81. The number of aliphatic hydroxyl groups excluding tert-OH is 3. The fraction of sp³-hybridized carbons (Fsp3) is 0.500. The summed E-state index contributed by atoms with van der Waals surface area (Å²) in [6.45, 7) is -0.408. The molecule has 0 amide bonds. The Labute approximate surface area is 107 Å². The number of anilines is 1. The molecular weight excluding hydrogens is 254 g/mol. The molecule has 0 bridgehead atoms. The number of rotatable bonds is 2. The summed E-state index contributed by atoms with van der Waals surface area (Å²) in [5.41, 5.74) is 6.59. The van der Waals surface area contributed by atoms with E-state index in [2.05, 4.69) is 19.9 Å². The number of nitrogen functional groups attached to an aromatic ring is 1. The second-order valence-electron chi connectivity index (χ2n) is 4.33. The topological polar surface area (TPSA) is 150 Å². The minimum atomic E-state index is -1.23. The maximum atomic E-state index is 9.89. The molecule has 0 spiro atoms. The largest absolute Gasteiger partial charge is 0.394 e. The summed E-state index contributed by atoms with van der Waals surface area (Å²) < 4.78 is 5.33. The van der Waals surface area contributed by atoms with Gasteiger partial charge in [-0.15, -0.1) is 0 Å². The lowest BCUT2D eigenvalue weighted by molar-refractivity contribution is -0.0251. The van der Waals surface area contributed by atoms with Gasteiger partial charge in [0.2, 0.25) is 0 Å². The maximum absolute atomic E-state index is 9.89. The molecule has 0 aromatic carbocycles. The molecule has 9 heteroatoms. The molecule has 0 aliphatic carbocycles. The summed E-state index contributed by atoms with van der Waals surface area (Å²) >= 11 is 0. The Morgan fingerprint density at radius 3 is 2.79 bits per heavy atom. The molecule has 2 aromatic heterocycles. The van der Waals surface area contributed by atoms with Crippen LogP contribution >= 0.6 is 0 Å². The molecule has 1 unspecified atom stereocenters. The van der Waals surface area contributed by atoms with Gasteiger partial charge in [-0.05, 0) is 0 Å². The highest BCUT2D eigenvalue weighted by Crippen LogP contribution is 2.32. The Balaban J connectivity index is 2.00. The van der Waals surface area contributed by atoms with Crippen molar-refractivity contribution in [2.75, 3.05) is 12.3 Å². The van der Waals surface area contributed by atoms with Gasteiger partial charge in [0.05, 0.1) is 12.9 Å². The van der Waals surface area contributed by atoms with Crippen molar-refractivity contribution in [3.8, 4) is 0 Å². The molecule has 0 radical (unpaired) electrons. The van der Waals surface area contributed by atoms with Gasteiger partial charge in [0.1, 0.15) is 29.9 Å². The van der Waals surface area contributed by atoms with E-state index in [9.17, 15) is 10.2 Å². The predicted octanol–water partition coefficient (Wildman–Crippen LogP) is -1.91. The summed E-state index contributed by atoms with van der Waals surface area (Å²) in [6.07, 6.45) is -2.82. The average molecular weight is 267 g/mol. The Morgan fingerprint density at radius 2 is 2.11 bits per heavy atom. The van der Waals surface area contributed by atoms with Gasteiger partial charge in [-0.25, -0.2) is 15.0 Å². The molecular formula is C10H13N5O4. The number of aromatic amines is 1. The molecule has 1 fully saturated rings. The van der Waals surface area contributed by atoms with Crippen LogP contribution in [-0.4, -0.2) is 60.2 Å². The second kappa shape index (κ2) is 4.38. The summed E-state index contributed by atoms with van der Waals surface area (Å²) in [5.74, 6) is 0.301. The van der Waals surface area contributed by atoms with E-state index in [1.807, 2.05) is 0 Å². The molecule has 1 aliphatic rings. The van der Waals surface area contributed by atoms with Crippen molar-refractivity contribution in [1.29, 1.82) is 0 Å². The van der Waals surface area contributed by atoms with Crippen LogP contribution in [0, 0.1) is 0 Å². The molecule has 3 heterocycles. The van der Waals surface area contributed by atoms with E-state index in [4.69, 9.17) is 15.6 Å². The minimum Gasteiger partial charge on any atom is -0.394 e. The first-order valence-corrected chi connectivity index (χ1v) is 5.70. The highest BCUT2D eigenvalue weighted by Gasteiger charge is 2.44. The minimum absolute atomic E-state index is 0.125. The van der Waals surface area contributed by atoms with Crippen LogP contribution in [0.2, 0.25) is 0 Å². The number of imidazole rings is 1. The molecule has 4 atom stereocenters. The van der Waals surface area contributed by atoms with Crippen molar-refractivity contribution in [2.24, 2.45) is 0 Å². The van der Waals surface area contributed by atoms with Crippen molar-refractivity contribution >= 4 is 17.0 Å². The monoisotopic (exact) mass is 267 g/mol. The maximum Gasteiger partial charge on any atom is 0.183 e. The van der Waals surface area contributed by atoms with E-state index >= 15 is 0 Å². The van der Waals surface area contributed by atoms with Crippen molar-refractivity contribution in [3.05, 3.63) is 12.2 Å². The molecule has 2 aromatic rings. The van der Waals surface area contributed by atoms with Gasteiger partial charge in [-0.3, -0.25) is 0 Å². The number of fused-ring (bicyclic) bond motifs is 1. The molecule has 3 rings (SSSR count). The number of ether oxygens (including phenoxy) is 1. The SMILES string of the molecule is Nc1nc(C2O[C@H](CO)[C@@H](O)[C@@H]2O)nc2nc[nH]c12. The van der Waals surface area contributed by atoms with Gasteiger partial charge in [0.25, 0.3) is 0 Å². The van der Waals surface area contributed by atoms with Crippen LogP contribution in [0.15, 0.2) is 6.33 Å². The third kappa shape index (κ3) is 1.83. The van der Waals surface area contributed by atoms with Gasteiger partial charge in [0.15, 0.2) is 17.3 Å². The van der Waals surface area contributed by atoms with Crippen LogP contribution in [0.4, 0.5) is 5.82 Å². The first-order valence-electron chi connectivity index (χ1n) is 5.70. The normalized spacial score (nSPS) is 31.1. The number of nitrogens with one attached hydrogen (secondary N) is 1. The molecule has 19 heavy (non-hydrogen) atoms. The fourth-order valence-electron chi connectivity index (χ4n) is 2.11. The van der Waals surface area contributed by atoms with Crippen LogP contribution in [0.1, 0.15) is 11.9 Å². The van der Waals surface area contributed by atoms with Crippen molar-refractivity contribution < 1.29 is 20.1 Å². The fourth-order valence-corrected chi connectivity index (χ4v) is 2.11. The van der Waals surface area contributed by atoms with Crippen LogP contribution in [0.5, 0.6) is 0 Å². The third-order valence-corrected chi connectivity index (χ3v) is 3.13. The van der Waals surface area contributed by atoms with Crippen LogP contribution < -0.4 is 5.73 Å².